The molecule has 0 radical (unpaired) electrons. The number of anilines is 1. The van der Waals surface area contributed by atoms with Gasteiger partial charge in [0, 0.05) is 5.69 Å². The van der Waals surface area contributed by atoms with Crippen LogP contribution in [0, 0.1) is 11.3 Å². The monoisotopic (exact) mass is 340 g/mol. The van der Waals surface area contributed by atoms with Crippen LogP contribution in [0.5, 0.6) is 0 Å². The Kier molecular flexibility index (Phi) is 4.93. The van der Waals surface area contributed by atoms with E-state index in [9.17, 15) is 4.79 Å². The van der Waals surface area contributed by atoms with Gasteiger partial charge in [0.1, 0.15) is 6.54 Å². The number of aromatic nitrogens is 2. The highest BCUT2D eigenvalue weighted by atomic mass is 32.2. The third-order valence-corrected chi connectivity index (χ3v) is 3.86. The largest absolute Gasteiger partial charge is 0.459 e. The summed E-state index contributed by atoms with van der Waals surface area (Å²) in [6.45, 7) is -0.0229. The molecule has 3 rings (SSSR count). The number of nitrogens with zero attached hydrogens (tertiary/aromatic N) is 4. The molecular weight excluding hydrogens is 328 g/mol. The summed E-state index contributed by atoms with van der Waals surface area (Å²) in [6, 6.07) is 14.5. The second-order valence-corrected chi connectivity index (χ2v) is 5.54. The van der Waals surface area contributed by atoms with Crippen molar-refractivity contribution < 1.29 is 13.6 Å². The van der Waals surface area contributed by atoms with E-state index in [0.29, 0.717) is 11.4 Å². The van der Waals surface area contributed by atoms with Gasteiger partial charge in [-0.15, -0.1) is 10.2 Å². The van der Waals surface area contributed by atoms with Crippen molar-refractivity contribution in [3.8, 4) is 17.7 Å². The summed E-state index contributed by atoms with van der Waals surface area (Å²) in [5, 5.41) is 16.9. The van der Waals surface area contributed by atoms with Crippen LogP contribution in [0.3, 0.4) is 0 Å². The first-order chi connectivity index (χ1) is 11.8. The molecule has 3 aromatic rings. The number of hydrogen-bond donors (Lipinski definition) is 0. The van der Waals surface area contributed by atoms with Crippen molar-refractivity contribution in [2.24, 2.45) is 0 Å². The highest BCUT2D eigenvalue weighted by molar-refractivity contribution is 7.99. The number of para-hydroxylation sites is 1. The van der Waals surface area contributed by atoms with Crippen molar-refractivity contribution >= 4 is 23.4 Å². The van der Waals surface area contributed by atoms with Gasteiger partial charge in [0.15, 0.2) is 5.76 Å². The van der Waals surface area contributed by atoms with Gasteiger partial charge in [-0.3, -0.25) is 9.69 Å². The topological polar surface area (TPSA) is 96.2 Å². The minimum absolute atomic E-state index is 0.0229. The van der Waals surface area contributed by atoms with Crippen molar-refractivity contribution in [3.05, 3.63) is 48.7 Å². The zero-order chi connectivity index (χ0) is 16.8. The molecule has 120 valence electrons. The molecule has 8 heteroatoms. The minimum Gasteiger partial charge on any atom is -0.459 e. The van der Waals surface area contributed by atoms with Gasteiger partial charge < -0.3 is 8.83 Å². The zero-order valence-electron chi connectivity index (χ0n) is 12.5. The van der Waals surface area contributed by atoms with Gasteiger partial charge in [-0.05, 0) is 24.3 Å². The van der Waals surface area contributed by atoms with E-state index >= 15 is 0 Å². The van der Waals surface area contributed by atoms with Crippen molar-refractivity contribution in [2.75, 3.05) is 17.2 Å². The maximum absolute atomic E-state index is 12.4. The maximum Gasteiger partial charge on any atom is 0.284 e. The van der Waals surface area contributed by atoms with Crippen LogP contribution in [0.2, 0.25) is 0 Å². The summed E-state index contributed by atoms with van der Waals surface area (Å²) < 4.78 is 10.6. The summed E-state index contributed by atoms with van der Waals surface area (Å²) in [4.78, 5) is 13.8. The van der Waals surface area contributed by atoms with Gasteiger partial charge in [-0.25, -0.2) is 0 Å². The molecule has 0 fully saturated rings. The van der Waals surface area contributed by atoms with E-state index in [0.717, 1.165) is 11.8 Å². The quantitative estimate of drug-likeness (QED) is 0.502. The van der Waals surface area contributed by atoms with Gasteiger partial charge in [-0.2, -0.15) is 5.26 Å². The maximum atomic E-state index is 12.4. The van der Waals surface area contributed by atoms with E-state index in [1.54, 1.807) is 24.3 Å². The third kappa shape index (κ3) is 3.64. The Hall–Kier alpha value is -3.05. The smallest absolute Gasteiger partial charge is 0.284 e. The van der Waals surface area contributed by atoms with E-state index in [1.165, 1.54) is 11.2 Å². The van der Waals surface area contributed by atoms with Crippen LogP contribution in [0.4, 0.5) is 5.69 Å². The molecule has 0 spiro atoms. The molecule has 1 aromatic carbocycles. The van der Waals surface area contributed by atoms with Crippen molar-refractivity contribution in [2.45, 2.75) is 5.22 Å². The average molecular weight is 340 g/mol. The number of carbonyl (C=O) groups excluding carboxylic acids is 1. The van der Waals surface area contributed by atoms with Gasteiger partial charge in [0.05, 0.1) is 18.1 Å². The lowest BCUT2D eigenvalue weighted by Crippen LogP contribution is -2.32. The summed E-state index contributed by atoms with van der Waals surface area (Å²) in [6.07, 6.45) is 1.51. The summed E-state index contributed by atoms with van der Waals surface area (Å²) >= 11 is 1.11. The molecule has 7 nitrogen and oxygen atoms in total. The van der Waals surface area contributed by atoms with E-state index in [4.69, 9.17) is 14.1 Å². The molecule has 0 aliphatic rings. The molecular formula is C16H12N4O3S. The van der Waals surface area contributed by atoms with Crippen LogP contribution in [-0.2, 0) is 4.79 Å². The van der Waals surface area contributed by atoms with Gasteiger partial charge in [-0.1, -0.05) is 30.0 Å². The van der Waals surface area contributed by atoms with Gasteiger partial charge in [0.25, 0.3) is 11.1 Å². The fourth-order valence-electron chi connectivity index (χ4n) is 1.97. The number of furan rings is 1. The Bertz CT molecular complexity index is 840. The van der Waals surface area contributed by atoms with Crippen LogP contribution in [0.1, 0.15) is 0 Å². The van der Waals surface area contributed by atoms with E-state index in [2.05, 4.69) is 10.2 Å². The van der Waals surface area contributed by atoms with E-state index in [-0.39, 0.29) is 29.3 Å². The number of hydrogen-bond acceptors (Lipinski definition) is 7. The highest BCUT2D eigenvalue weighted by Gasteiger charge is 2.18. The predicted octanol–water partition coefficient (Wildman–Crippen LogP) is 2.98. The molecule has 0 unspecified atom stereocenters. The number of rotatable bonds is 6. The average Bonchev–Trinajstić information content (AvgIpc) is 3.29. The lowest BCUT2D eigenvalue weighted by molar-refractivity contribution is -0.116. The molecule has 0 saturated carbocycles. The molecule has 2 heterocycles. The number of nitriles is 1. The number of benzene rings is 1. The lowest BCUT2D eigenvalue weighted by Gasteiger charge is -2.18. The minimum atomic E-state index is -0.217. The summed E-state index contributed by atoms with van der Waals surface area (Å²) in [7, 11) is 0. The molecule has 0 aliphatic carbocycles. The first-order valence-corrected chi connectivity index (χ1v) is 7.99. The van der Waals surface area contributed by atoms with Crippen molar-refractivity contribution in [1.82, 2.24) is 10.2 Å². The summed E-state index contributed by atoms with van der Waals surface area (Å²) in [5.74, 6) is 0.588. The highest BCUT2D eigenvalue weighted by Crippen LogP contribution is 2.24. The number of thioether (sulfide) groups is 1. The third-order valence-electron chi connectivity index (χ3n) is 3.06. The molecule has 0 saturated heterocycles. The molecule has 1 amide bonds. The SMILES string of the molecule is N#CCN(C(=O)CSc1nnc(-c2ccco2)o1)c1ccccc1. The first-order valence-electron chi connectivity index (χ1n) is 7.00. The number of amides is 1. The normalized spacial score (nSPS) is 10.3. The van der Waals surface area contributed by atoms with Crippen molar-refractivity contribution in [1.29, 1.82) is 5.26 Å². The van der Waals surface area contributed by atoms with Gasteiger partial charge >= 0.3 is 0 Å². The fraction of sp³-hybridized carbons (Fsp3) is 0.125. The predicted molar refractivity (Wildman–Crippen MR) is 87.1 cm³/mol. The van der Waals surface area contributed by atoms with E-state index in [1.807, 2.05) is 24.3 Å². The molecule has 0 atom stereocenters. The van der Waals surface area contributed by atoms with Crippen molar-refractivity contribution in [3.63, 3.8) is 0 Å². The first kappa shape index (κ1) is 15.8. The Balaban J connectivity index is 1.65. The van der Waals surface area contributed by atoms with Crippen LogP contribution in [-0.4, -0.2) is 28.4 Å². The molecule has 0 aliphatic heterocycles. The standard InChI is InChI=1S/C16H12N4O3S/c17-8-9-20(12-5-2-1-3-6-12)14(21)11-24-16-19-18-15(23-16)13-7-4-10-22-13/h1-7,10H,9,11H2. The summed E-state index contributed by atoms with van der Waals surface area (Å²) in [5.41, 5.74) is 0.673. The molecule has 0 N–H and O–H groups in total. The number of carbonyl (C=O) groups is 1. The zero-order valence-corrected chi connectivity index (χ0v) is 13.3. The Morgan fingerprint density at radius 2 is 2.04 bits per heavy atom. The second-order valence-electron chi connectivity index (χ2n) is 4.61. The second kappa shape index (κ2) is 7.48. The fourth-order valence-corrected chi connectivity index (χ4v) is 2.61. The Morgan fingerprint density at radius 3 is 2.75 bits per heavy atom. The van der Waals surface area contributed by atoms with Crippen LogP contribution in [0.15, 0.2) is 62.8 Å². The van der Waals surface area contributed by atoms with Crippen LogP contribution < -0.4 is 4.90 Å². The lowest BCUT2D eigenvalue weighted by atomic mass is 10.3. The van der Waals surface area contributed by atoms with E-state index < -0.39 is 0 Å². The van der Waals surface area contributed by atoms with Gasteiger partial charge in [0.2, 0.25) is 5.91 Å². The Labute approximate surface area is 141 Å². The Morgan fingerprint density at radius 1 is 1.21 bits per heavy atom. The molecule has 0 bridgehead atoms. The molecule has 24 heavy (non-hydrogen) atoms. The van der Waals surface area contributed by atoms with Crippen LogP contribution >= 0.6 is 11.8 Å². The van der Waals surface area contributed by atoms with Crippen LogP contribution in [0.25, 0.3) is 11.7 Å². The molecule has 2 aromatic heterocycles.